The second kappa shape index (κ2) is 15.5. The predicted octanol–water partition coefficient (Wildman–Crippen LogP) is 5.93. The lowest BCUT2D eigenvalue weighted by Crippen LogP contribution is -2.38. The topological polar surface area (TPSA) is 120 Å². The van der Waals surface area contributed by atoms with Crippen molar-refractivity contribution < 1.29 is 23.5 Å². The van der Waals surface area contributed by atoms with Crippen LogP contribution >= 0.6 is 0 Å². The first-order chi connectivity index (χ1) is 20.4. The van der Waals surface area contributed by atoms with Crippen molar-refractivity contribution >= 4 is 23.5 Å². The van der Waals surface area contributed by atoms with Gasteiger partial charge in [0.1, 0.15) is 22.8 Å². The third-order valence-electron chi connectivity index (χ3n) is 6.47. The largest absolute Gasteiger partial charge is 0.462 e. The Labute approximate surface area is 253 Å². The summed E-state index contributed by atoms with van der Waals surface area (Å²) < 4.78 is 28.1. The fourth-order valence-electron chi connectivity index (χ4n) is 4.76. The molecule has 1 aliphatic heterocycles. The third-order valence-corrected chi connectivity index (χ3v) is 6.47. The normalized spacial score (nSPS) is 16.9. The molecule has 1 saturated heterocycles. The van der Waals surface area contributed by atoms with Gasteiger partial charge in [0.2, 0.25) is 0 Å². The minimum absolute atomic E-state index is 0.0819. The molecule has 3 unspecified atom stereocenters. The van der Waals surface area contributed by atoms with Crippen molar-refractivity contribution in [1.29, 1.82) is 0 Å². The molecule has 1 amide bonds. The van der Waals surface area contributed by atoms with Gasteiger partial charge in [0, 0.05) is 31.0 Å². The summed E-state index contributed by atoms with van der Waals surface area (Å²) in [4.78, 5) is 44.7. The number of carbonyl (C=O) groups is 2. The predicted molar refractivity (Wildman–Crippen MR) is 165 cm³/mol. The molecule has 0 bridgehead atoms. The molecule has 1 N–H and O–H groups in total. The van der Waals surface area contributed by atoms with E-state index in [0.29, 0.717) is 30.0 Å². The maximum atomic E-state index is 14.9. The van der Waals surface area contributed by atoms with Crippen molar-refractivity contribution in [2.75, 3.05) is 24.6 Å². The molecule has 4 heterocycles. The highest BCUT2D eigenvalue weighted by atomic mass is 19.1. The first-order valence-electron chi connectivity index (χ1n) is 15.0. The quantitative estimate of drug-likeness (QED) is 0.330. The monoisotopic (exact) mass is 602 g/mol. The van der Waals surface area contributed by atoms with Crippen molar-refractivity contribution in [3.8, 4) is 0 Å². The second-order valence-electron chi connectivity index (χ2n) is 10.9. The molecular formula is C31H47FN6O5. The lowest BCUT2D eigenvalue weighted by atomic mass is 10.0. The minimum Gasteiger partial charge on any atom is -0.462 e. The van der Waals surface area contributed by atoms with E-state index < -0.39 is 35.6 Å². The van der Waals surface area contributed by atoms with Gasteiger partial charge in [0.25, 0.3) is 5.56 Å². The van der Waals surface area contributed by atoms with Gasteiger partial charge < -0.3 is 24.3 Å². The second-order valence-corrected chi connectivity index (χ2v) is 10.9. The van der Waals surface area contributed by atoms with E-state index in [1.54, 1.807) is 46.9 Å². The Morgan fingerprint density at radius 1 is 1.21 bits per heavy atom. The van der Waals surface area contributed by atoms with Crippen LogP contribution in [0.15, 0.2) is 35.5 Å². The molecule has 4 rings (SSSR count). The first kappa shape index (κ1) is 35.2. The number of pyridine rings is 1. The van der Waals surface area contributed by atoms with Crippen LogP contribution in [0.25, 0.3) is 5.65 Å². The number of aromatic nitrogens is 4. The molecule has 12 heteroatoms. The Kier molecular flexibility index (Phi) is 12.7. The fourth-order valence-corrected chi connectivity index (χ4v) is 4.76. The molecule has 43 heavy (non-hydrogen) atoms. The lowest BCUT2D eigenvalue weighted by molar-refractivity contribution is 0.0513. The number of alkyl carbamates (subject to hydrolysis) is 1. The Balaban J connectivity index is 0.00000155. The molecule has 0 saturated carbocycles. The van der Waals surface area contributed by atoms with Crippen LogP contribution in [-0.2, 0) is 9.47 Å². The molecule has 238 valence electrons. The summed E-state index contributed by atoms with van der Waals surface area (Å²) in [6.45, 7) is 19.7. The number of anilines is 1. The molecular weight excluding hydrogens is 555 g/mol. The number of nitrogens with one attached hydrogen (secondary N) is 1. The number of ether oxygens (including phenoxy) is 2. The summed E-state index contributed by atoms with van der Waals surface area (Å²) >= 11 is 0. The Hall–Kier alpha value is -3.96. The first-order valence-corrected chi connectivity index (χ1v) is 15.0. The van der Waals surface area contributed by atoms with E-state index in [2.05, 4.69) is 22.3 Å². The summed E-state index contributed by atoms with van der Waals surface area (Å²) in [6, 6.07) is 2.05. The summed E-state index contributed by atoms with van der Waals surface area (Å²) in [5.41, 5.74) is -0.144. The highest BCUT2D eigenvalue weighted by Gasteiger charge is 2.35. The summed E-state index contributed by atoms with van der Waals surface area (Å²) in [6.07, 6.45) is 4.25. The SMILES string of the molecule is CC.CC.CCOC(=O)c1cnn2ccc(N3CC(C)CC3c3cc(F)cn(C(C)CNC(=O)OC(C)(C)C)c3=O)nc12. The molecule has 3 atom stereocenters. The molecule has 0 radical (unpaired) electrons. The number of esters is 1. The van der Waals surface area contributed by atoms with Gasteiger partial charge in [-0.15, -0.1) is 0 Å². The Bertz CT molecular complexity index is 1430. The number of hydrogen-bond acceptors (Lipinski definition) is 8. The van der Waals surface area contributed by atoms with E-state index in [0.717, 1.165) is 6.20 Å². The van der Waals surface area contributed by atoms with Crippen molar-refractivity contribution in [1.82, 2.24) is 24.5 Å². The third kappa shape index (κ3) is 8.77. The Morgan fingerprint density at radius 2 is 1.88 bits per heavy atom. The van der Waals surface area contributed by atoms with E-state index >= 15 is 0 Å². The number of hydrogen-bond donors (Lipinski definition) is 1. The van der Waals surface area contributed by atoms with E-state index in [-0.39, 0.29) is 30.2 Å². The van der Waals surface area contributed by atoms with Gasteiger partial charge in [-0.25, -0.2) is 23.5 Å². The van der Waals surface area contributed by atoms with Crippen LogP contribution in [0.5, 0.6) is 0 Å². The summed E-state index contributed by atoms with van der Waals surface area (Å²) in [5, 5.41) is 6.82. The standard InChI is InChI=1S/C27H35FN6O5.2C2H6/c1-7-38-25(36)20-13-30-34-9-8-22(31-23(20)34)33-14-16(2)10-21(33)19-11-18(28)15-32(24(19)35)17(3)12-29-26(37)39-27(4,5)6;2*1-2/h8-9,11,13,15-17,21H,7,10,12,14H2,1-6H3,(H,29,37);2*1-2H3. The summed E-state index contributed by atoms with van der Waals surface area (Å²) in [5.74, 6) is -0.343. The smallest absolute Gasteiger partial charge is 0.407 e. The van der Waals surface area contributed by atoms with Gasteiger partial charge in [-0.3, -0.25) is 4.79 Å². The van der Waals surface area contributed by atoms with Crippen molar-refractivity contribution in [3.05, 3.63) is 58.0 Å². The van der Waals surface area contributed by atoms with E-state index in [4.69, 9.17) is 9.47 Å². The van der Waals surface area contributed by atoms with Crippen LogP contribution in [0.1, 0.15) is 104 Å². The van der Waals surface area contributed by atoms with Gasteiger partial charge in [-0.1, -0.05) is 34.6 Å². The van der Waals surface area contributed by atoms with Gasteiger partial charge in [-0.2, -0.15) is 5.10 Å². The van der Waals surface area contributed by atoms with Crippen LogP contribution < -0.4 is 15.8 Å². The zero-order chi connectivity index (χ0) is 32.5. The van der Waals surface area contributed by atoms with Crippen LogP contribution in [0.4, 0.5) is 15.0 Å². The molecule has 0 aliphatic carbocycles. The average molecular weight is 603 g/mol. The van der Waals surface area contributed by atoms with Gasteiger partial charge in [0.15, 0.2) is 5.65 Å². The summed E-state index contributed by atoms with van der Waals surface area (Å²) in [7, 11) is 0. The van der Waals surface area contributed by atoms with Gasteiger partial charge >= 0.3 is 12.1 Å². The van der Waals surface area contributed by atoms with E-state index in [9.17, 15) is 18.8 Å². The van der Waals surface area contributed by atoms with E-state index in [1.807, 2.05) is 32.6 Å². The van der Waals surface area contributed by atoms with Crippen LogP contribution in [-0.4, -0.2) is 56.5 Å². The minimum atomic E-state index is -0.663. The van der Waals surface area contributed by atoms with Gasteiger partial charge in [-0.05, 0) is 59.1 Å². The molecule has 0 spiro atoms. The maximum absolute atomic E-state index is 14.9. The van der Waals surface area contributed by atoms with Crippen molar-refractivity contribution in [3.63, 3.8) is 0 Å². The Morgan fingerprint density at radius 3 is 2.51 bits per heavy atom. The van der Waals surface area contributed by atoms with Crippen molar-refractivity contribution in [2.24, 2.45) is 5.92 Å². The highest BCUT2D eigenvalue weighted by Crippen LogP contribution is 2.37. The highest BCUT2D eigenvalue weighted by molar-refractivity contribution is 5.95. The maximum Gasteiger partial charge on any atom is 0.407 e. The molecule has 0 aromatic carbocycles. The molecule has 1 aliphatic rings. The van der Waals surface area contributed by atoms with Crippen LogP contribution in [0.2, 0.25) is 0 Å². The van der Waals surface area contributed by atoms with Crippen LogP contribution in [0, 0.1) is 11.7 Å². The van der Waals surface area contributed by atoms with Crippen molar-refractivity contribution in [2.45, 2.75) is 93.3 Å². The number of rotatable bonds is 7. The number of halogens is 1. The molecule has 3 aromatic heterocycles. The average Bonchev–Trinajstić information content (AvgIpc) is 3.57. The zero-order valence-corrected chi connectivity index (χ0v) is 27.1. The fraction of sp³-hybridized carbons (Fsp3) is 0.581. The van der Waals surface area contributed by atoms with Crippen LogP contribution in [0.3, 0.4) is 0 Å². The number of nitrogens with zero attached hydrogens (tertiary/aromatic N) is 5. The molecule has 3 aromatic rings. The number of carbonyl (C=O) groups excluding carboxylic acids is 2. The number of amides is 1. The zero-order valence-electron chi connectivity index (χ0n) is 27.1. The molecule has 1 fully saturated rings. The van der Waals surface area contributed by atoms with E-state index in [1.165, 1.54) is 21.3 Å². The molecule has 11 nitrogen and oxygen atoms in total. The van der Waals surface area contributed by atoms with Gasteiger partial charge in [0.05, 0.1) is 24.9 Å². The number of fused-ring (bicyclic) bond motifs is 1. The lowest BCUT2D eigenvalue weighted by Gasteiger charge is -2.27.